The second-order valence-corrected chi connectivity index (χ2v) is 2.82. The Kier molecular flexibility index (Phi) is 5.84. The molecule has 0 aromatic heterocycles. The summed E-state index contributed by atoms with van der Waals surface area (Å²) < 4.78 is 0. The molecule has 0 amide bonds. The molecule has 0 atom stereocenters. The van der Waals surface area contributed by atoms with Crippen LogP contribution >= 0.6 is 0 Å². The van der Waals surface area contributed by atoms with Gasteiger partial charge in [-0.05, 0) is 19.9 Å². The Bertz CT molecular complexity index is 121. The minimum absolute atomic E-state index is 0.476. The third-order valence-electron chi connectivity index (χ3n) is 1.49. The molecule has 0 bridgehead atoms. The number of hydrogen-bond acceptors (Lipinski definition) is 3. The van der Waals surface area contributed by atoms with Gasteiger partial charge in [-0.2, -0.15) is 0 Å². The van der Waals surface area contributed by atoms with E-state index in [0.717, 1.165) is 12.3 Å². The Morgan fingerprint density at radius 3 is 2.64 bits per heavy atom. The maximum absolute atomic E-state index is 5.02. The Balaban J connectivity index is 3.40. The lowest BCUT2D eigenvalue weighted by molar-refractivity contribution is 0.146. The van der Waals surface area contributed by atoms with Gasteiger partial charge in [0.05, 0.1) is 5.71 Å². The van der Waals surface area contributed by atoms with Gasteiger partial charge in [-0.15, -0.1) is 0 Å². The summed E-state index contributed by atoms with van der Waals surface area (Å²) in [6.45, 7) is 7.65. The molecule has 0 saturated carbocycles. The van der Waals surface area contributed by atoms with Gasteiger partial charge >= 0.3 is 0 Å². The smallest absolute Gasteiger partial charge is 0.129 e. The van der Waals surface area contributed by atoms with Gasteiger partial charge in [0.2, 0.25) is 0 Å². The molecule has 3 heteroatoms. The number of likely N-dealkylation sites (N-methyl/N-ethyl adjacent to an activating group) is 1. The third kappa shape index (κ3) is 5.85. The van der Waals surface area contributed by atoms with Crippen LogP contribution in [0.2, 0.25) is 0 Å². The maximum Gasteiger partial charge on any atom is 0.129 e. The molecule has 0 aliphatic carbocycles. The second kappa shape index (κ2) is 6.16. The average Bonchev–Trinajstić information content (AvgIpc) is 1.97. The van der Waals surface area contributed by atoms with E-state index in [2.05, 4.69) is 24.3 Å². The molecule has 0 aromatic carbocycles. The van der Waals surface area contributed by atoms with Crippen LogP contribution in [0.3, 0.4) is 0 Å². The number of rotatable bonds is 5. The Labute approximate surface area is 68.8 Å². The van der Waals surface area contributed by atoms with Crippen molar-refractivity contribution < 1.29 is 4.84 Å². The Hall–Kier alpha value is -0.570. The fourth-order valence-corrected chi connectivity index (χ4v) is 0.401. The first-order valence-electron chi connectivity index (χ1n) is 3.99. The summed E-state index contributed by atoms with van der Waals surface area (Å²) in [5.74, 6) is 0.476. The molecule has 0 spiro atoms. The molecule has 0 radical (unpaired) electrons. The van der Waals surface area contributed by atoms with Gasteiger partial charge < -0.3 is 10.2 Å². The van der Waals surface area contributed by atoms with Crippen molar-refractivity contribution in [2.45, 2.75) is 20.8 Å². The van der Waals surface area contributed by atoms with Crippen LogP contribution in [0.25, 0.3) is 0 Å². The fraction of sp³-hybridized carbons (Fsp3) is 0.875. The van der Waals surface area contributed by atoms with Crippen LogP contribution in [-0.2, 0) is 4.84 Å². The van der Waals surface area contributed by atoms with E-state index < -0.39 is 0 Å². The van der Waals surface area contributed by atoms with E-state index in [1.54, 1.807) is 0 Å². The second-order valence-electron chi connectivity index (χ2n) is 2.82. The Morgan fingerprint density at radius 1 is 1.55 bits per heavy atom. The quantitative estimate of drug-likeness (QED) is 0.371. The van der Waals surface area contributed by atoms with Gasteiger partial charge in [-0.1, -0.05) is 19.0 Å². The highest BCUT2D eigenvalue weighted by molar-refractivity contribution is 5.83. The summed E-state index contributed by atoms with van der Waals surface area (Å²) in [5.41, 5.74) is 1.04. The standard InChI is InChI=1S/C8H18N2O/c1-7(2)8(3)10-11-6-5-9-4/h7,9H,5-6H2,1-4H3/b10-8-. The van der Waals surface area contributed by atoms with Gasteiger partial charge in [0.1, 0.15) is 6.61 Å². The molecule has 11 heavy (non-hydrogen) atoms. The lowest BCUT2D eigenvalue weighted by Crippen LogP contribution is -2.13. The first-order valence-corrected chi connectivity index (χ1v) is 3.99. The normalized spacial score (nSPS) is 12.3. The summed E-state index contributed by atoms with van der Waals surface area (Å²) >= 11 is 0. The van der Waals surface area contributed by atoms with Crippen molar-refractivity contribution in [2.24, 2.45) is 11.1 Å². The van der Waals surface area contributed by atoms with Gasteiger partial charge in [-0.25, -0.2) is 0 Å². The Morgan fingerprint density at radius 2 is 2.18 bits per heavy atom. The van der Waals surface area contributed by atoms with E-state index in [4.69, 9.17) is 4.84 Å². The number of nitrogens with zero attached hydrogens (tertiary/aromatic N) is 1. The highest BCUT2D eigenvalue weighted by Gasteiger charge is 1.96. The van der Waals surface area contributed by atoms with Crippen molar-refractivity contribution in [1.82, 2.24) is 5.32 Å². The SMILES string of the molecule is CNCCO/N=C(/C)C(C)C. The zero-order chi connectivity index (χ0) is 8.69. The summed E-state index contributed by atoms with van der Waals surface area (Å²) in [5, 5.41) is 6.91. The van der Waals surface area contributed by atoms with E-state index in [0.29, 0.717) is 12.5 Å². The zero-order valence-electron chi connectivity index (χ0n) is 7.85. The van der Waals surface area contributed by atoms with Crippen molar-refractivity contribution in [3.8, 4) is 0 Å². The summed E-state index contributed by atoms with van der Waals surface area (Å²) in [6.07, 6.45) is 0. The van der Waals surface area contributed by atoms with Crippen LogP contribution in [0.4, 0.5) is 0 Å². The van der Waals surface area contributed by atoms with Gasteiger partial charge in [0.25, 0.3) is 0 Å². The predicted molar refractivity (Wildman–Crippen MR) is 47.8 cm³/mol. The molecule has 0 saturated heterocycles. The van der Waals surface area contributed by atoms with E-state index in [-0.39, 0.29) is 0 Å². The molecule has 0 aromatic rings. The van der Waals surface area contributed by atoms with Gasteiger partial charge in [-0.3, -0.25) is 0 Å². The van der Waals surface area contributed by atoms with Crippen LogP contribution in [0.1, 0.15) is 20.8 Å². The van der Waals surface area contributed by atoms with E-state index in [1.807, 2.05) is 14.0 Å². The summed E-state index contributed by atoms with van der Waals surface area (Å²) in [4.78, 5) is 5.02. The maximum atomic E-state index is 5.02. The molecule has 0 aliphatic rings. The first-order chi connectivity index (χ1) is 5.18. The van der Waals surface area contributed by atoms with Gasteiger partial charge in [0, 0.05) is 6.54 Å². The van der Waals surface area contributed by atoms with E-state index in [1.165, 1.54) is 0 Å². The van der Waals surface area contributed by atoms with Crippen LogP contribution < -0.4 is 5.32 Å². The zero-order valence-corrected chi connectivity index (χ0v) is 7.85. The fourth-order valence-electron chi connectivity index (χ4n) is 0.401. The molecule has 66 valence electrons. The summed E-state index contributed by atoms with van der Waals surface area (Å²) in [7, 11) is 1.89. The lowest BCUT2D eigenvalue weighted by atomic mass is 10.1. The van der Waals surface area contributed by atoms with Crippen molar-refractivity contribution in [3.05, 3.63) is 0 Å². The van der Waals surface area contributed by atoms with Crippen molar-refractivity contribution >= 4 is 5.71 Å². The van der Waals surface area contributed by atoms with Crippen LogP contribution in [0, 0.1) is 5.92 Å². The molecule has 0 fully saturated rings. The highest BCUT2D eigenvalue weighted by atomic mass is 16.6. The summed E-state index contributed by atoms with van der Waals surface area (Å²) in [6, 6.07) is 0. The topological polar surface area (TPSA) is 33.6 Å². The molecular formula is C8H18N2O. The van der Waals surface area contributed by atoms with Crippen LogP contribution in [-0.4, -0.2) is 25.9 Å². The number of hydrogen-bond donors (Lipinski definition) is 1. The molecule has 0 rings (SSSR count). The van der Waals surface area contributed by atoms with E-state index in [9.17, 15) is 0 Å². The predicted octanol–water partition coefficient (Wildman–Crippen LogP) is 1.25. The largest absolute Gasteiger partial charge is 0.394 e. The van der Waals surface area contributed by atoms with Crippen molar-refractivity contribution in [2.75, 3.05) is 20.2 Å². The third-order valence-corrected chi connectivity index (χ3v) is 1.49. The monoisotopic (exact) mass is 158 g/mol. The van der Waals surface area contributed by atoms with Crippen molar-refractivity contribution in [1.29, 1.82) is 0 Å². The van der Waals surface area contributed by atoms with Crippen LogP contribution in [0.15, 0.2) is 5.16 Å². The average molecular weight is 158 g/mol. The number of oxime groups is 1. The molecule has 0 aliphatic heterocycles. The molecule has 1 N–H and O–H groups in total. The van der Waals surface area contributed by atoms with Gasteiger partial charge in [0.15, 0.2) is 0 Å². The molecule has 3 nitrogen and oxygen atoms in total. The minimum atomic E-state index is 0.476. The highest BCUT2D eigenvalue weighted by Crippen LogP contribution is 1.95. The lowest BCUT2D eigenvalue weighted by Gasteiger charge is -2.03. The van der Waals surface area contributed by atoms with E-state index >= 15 is 0 Å². The molecule has 0 unspecified atom stereocenters. The first kappa shape index (κ1) is 10.4. The number of nitrogens with one attached hydrogen (secondary N) is 1. The van der Waals surface area contributed by atoms with Crippen LogP contribution in [0.5, 0.6) is 0 Å². The molecule has 0 heterocycles. The molecular weight excluding hydrogens is 140 g/mol. The van der Waals surface area contributed by atoms with Crippen molar-refractivity contribution in [3.63, 3.8) is 0 Å². The minimum Gasteiger partial charge on any atom is -0.394 e.